The molecular formula is C13H17N3O2S2. The first-order valence-electron chi connectivity index (χ1n) is 6.25. The zero-order chi connectivity index (χ0) is 14.6. The number of nitrogens with zero attached hydrogens (tertiary/aromatic N) is 1. The van der Waals surface area contributed by atoms with Gasteiger partial charge in [-0.2, -0.15) is 0 Å². The number of hydrogen-bond acceptors (Lipinski definition) is 5. The molecule has 0 spiro atoms. The molecule has 2 aromatic rings. The summed E-state index contributed by atoms with van der Waals surface area (Å²) in [6, 6.07) is 5.10. The van der Waals surface area contributed by atoms with Crippen molar-refractivity contribution in [3.8, 4) is 0 Å². The van der Waals surface area contributed by atoms with E-state index < -0.39 is 10.0 Å². The van der Waals surface area contributed by atoms with Crippen molar-refractivity contribution in [3.05, 3.63) is 40.3 Å². The summed E-state index contributed by atoms with van der Waals surface area (Å²) in [7, 11) is -3.55. The van der Waals surface area contributed by atoms with Gasteiger partial charge < -0.3 is 5.32 Å². The van der Waals surface area contributed by atoms with Crippen LogP contribution in [-0.4, -0.2) is 19.9 Å². The maximum absolute atomic E-state index is 12.3. The molecular weight excluding hydrogens is 294 g/mol. The Bertz CT molecular complexity index is 680. The first-order valence-corrected chi connectivity index (χ1v) is 8.62. The third-order valence-electron chi connectivity index (χ3n) is 2.74. The summed E-state index contributed by atoms with van der Waals surface area (Å²) in [6.07, 6.45) is 1.63. The maximum atomic E-state index is 12.3. The molecule has 108 valence electrons. The van der Waals surface area contributed by atoms with Gasteiger partial charge in [0.05, 0.1) is 16.3 Å². The predicted molar refractivity (Wildman–Crippen MR) is 81.5 cm³/mol. The summed E-state index contributed by atoms with van der Waals surface area (Å²) in [6.45, 7) is 5.32. The Morgan fingerprint density at radius 1 is 1.40 bits per heavy atom. The second kappa shape index (κ2) is 6.34. The van der Waals surface area contributed by atoms with Crippen molar-refractivity contribution in [2.45, 2.75) is 25.3 Å². The number of aryl methyl sites for hydroxylation is 1. The summed E-state index contributed by atoms with van der Waals surface area (Å²) in [5.74, 6) is 0. The first-order chi connectivity index (χ1) is 9.53. The van der Waals surface area contributed by atoms with Gasteiger partial charge in [0.25, 0.3) is 10.0 Å². The van der Waals surface area contributed by atoms with Crippen molar-refractivity contribution >= 4 is 27.0 Å². The van der Waals surface area contributed by atoms with Gasteiger partial charge in [0, 0.05) is 23.0 Å². The Hall–Kier alpha value is -1.44. The highest BCUT2D eigenvalue weighted by molar-refractivity contribution is 7.92. The summed E-state index contributed by atoms with van der Waals surface area (Å²) < 4.78 is 27.1. The van der Waals surface area contributed by atoms with Gasteiger partial charge in [-0.3, -0.25) is 9.71 Å². The third-order valence-corrected chi connectivity index (χ3v) is 5.17. The molecule has 7 heteroatoms. The molecule has 0 saturated carbocycles. The van der Waals surface area contributed by atoms with Crippen LogP contribution in [0.5, 0.6) is 0 Å². The van der Waals surface area contributed by atoms with Crippen LogP contribution in [0, 0.1) is 6.92 Å². The molecule has 5 nitrogen and oxygen atoms in total. The predicted octanol–water partition coefficient (Wildman–Crippen LogP) is 2.36. The highest BCUT2D eigenvalue weighted by atomic mass is 32.2. The highest BCUT2D eigenvalue weighted by Gasteiger charge is 2.17. The highest BCUT2D eigenvalue weighted by Crippen LogP contribution is 2.22. The Labute approximate surface area is 123 Å². The lowest BCUT2D eigenvalue weighted by Gasteiger charge is -2.08. The van der Waals surface area contributed by atoms with Crippen molar-refractivity contribution in [2.75, 3.05) is 11.3 Å². The van der Waals surface area contributed by atoms with Crippen LogP contribution in [0.3, 0.4) is 0 Å². The van der Waals surface area contributed by atoms with E-state index in [0.29, 0.717) is 22.8 Å². The van der Waals surface area contributed by atoms with E-state index in [1.807, 2.05) is 6.92 Å². The van der Waals surface area contributed by atoms with E-state index in [4.69, 9.17) is 0 Å². The number of thiophene rings is 1. The molecule has 20 heavy (non-hydrogen) atoms. The lowest BCUT2D eigenvalue weighted by molar-refractivity contribution is 0.601. The van der Waals surface area contributed by atoms with Crippen LogP contribution in [-0.2, 0) is 16.6 Å². The average Bonchev–Trinajstić information content (AvgIpc) is 2.88. The molecule has 0 amide bonds. The van der Waals surface area contributed by atoms with E-state index in [0.717, 1.165) is 11.4 Å². The lowest BCUT2D eigenvalue weighted by Crippen LogP contribution is -2.13. The van der Waals surface area contributed by atoms with Crippen molar-refractivity contribution in [3.63, 3.8) is 0 Å². The fourth-order valence-electron chi connectivity index (χ4n) is 1.64. The zero-order valence-electron chi connectivity index (χ0n) is 11.4. The number of sulfonamides is 1. The summed E-state index contributed by atoms with van der Waals surface area (Å²) in [5.41, 5.74) is 1.16. The van der Waals surface area contributed by atoms with Crippen molar-refractivity contribution in [1.82, 2.24) is 10.3 Å². The number of hydrogen-bond donors (Lipinski definition) is 2. The zero-order valence-corrected chi connectivity index (χ0v) is 13.0. The van der Waals surface area contributed by atoms with Crippen LogP contribution >= 0.6 is 11.3 Å². The van der Waals surface area contributed by atoms with Crippen molar-refractivity contribution in [2.24, 2.45) is 0 Å². The number of rotatable bonds is 6. The number of nitrogens with one attached hydrogen (secondary N) is 2. The van der Waals surface area contributed by atoms with E-state index in [-0.39, 0.29) is 0 Å². The molecule has 0 bridgehead atoms. The second-order valence-electron chi connectivity index (χ2n) is 4.27. The molecule has 0 atom stereocenters. The first kappa shape index (κ1) is 15.0. The summed E-state index contributed by atoms with van der Waals surface area (Å²) in [5, 5.41) is 4.83. The van der Waals surface area contributed by atoms with Crippen LogP contribution < -0.4 is 10.0 Å². The smallest absolute Gasteiger partial charge is 0.262 e. The largest absolute Gasteiger partial charge is 0.312 e. The quantitative estimate of drug-likeness (QED) is 0.859. The number of pyridine rings is 1. The topological polar surface area (TPSA) is 71.1 Å². The van der Waals surface area contributed by atoms with Gasteiger partial charge >= 0.3 is 0 Å². The fourth-order valence-corrected chi connectivity index (χ4v) is 4.00. The van der Waals surface area contributed by atoms with E-state index in [1.165, 1.54) is 11.3 Å². The molecule has 2 N–H and O–H groups in total. The molecule has 2 rings (SSSR count). The molecule has 2 heterocycles. The molecule has 0 saturated heterocycles. The van der Waals surface area contributed by atoms with E-state index in [9.17, 15) is 8.42 Å². The van der Waals surface area contributed by atoms with Crippen LogP contribution in [0.25, 0.3) is 0 Å². The van der Waals surface area contributed by atoms with Crippen LogP contribution in [0.15, 0.2) is 34.7 Å². The van der Waals surface area contributed by atoms with Gasteiger partial charge in [-0.1, -0.05) is 6.92 Å². The van der Waals surface area contributed by atoms with E-state index >= 15 is 0 Å². The molecule has 0 aliphatic carbocycles. The number of aromatic nitrogens is 1. The molecule has 0 aliphatic rings. The molecule has 2 aromatic heterocycles. The van der Waals surface area contributed by atoms with Crippen LogP contribution in [0.1, 0.15) is 17.5 Å². The fraction of sp³-hybridized carbons (Fsp3) is 0.308. The Balaban J connectivity index is 2.18. The minimum atomic E-state index is -3.55. The molecule has 0 aromatic carbocycles. The van der Waals surface area contributed by atoms with Gasteiger partial charge in [0.2, 0.25) is 0 Å². The lowest BCUT2D eigenvalue weighted by atomic mass is 10.3. The minimum absolute atomic E-state index is 0.290. The molecule has 0 aliphatic heterocycles. The Morgan fingerprint density at radius 2 is 2.20 bits per heavy atom. The van der Waals surface area contributed by atoms with E-state index in [2.05, 4.69) is 15.0 Å². The van der Waals surface area contributed by atoms with Crippen LogP contribution in [0.4, 0.5) is 5.69 Å². The summed E-state index contributed by atoms with van der Waals surface area (Å²) in [4.78, 5) is 5.35. The number of anilines is 1. The van der Waals surface area contributed by atoms with Gasteiger partial charge in [-0.15, -0.1) is 11.3 Å². The van der Waals surface area contributed by atoms with Crippen molar-refractivity contribution in [1.29, 1.82) is 0 Å². The van der Waals surface area contributed by atoms with Gasteiger partial charge in [-0.05, 0) is 31.7 Å². The molecule has 0 unspecified atom stereocenters. The maximum Gasteiger partial charge on any atom is 0.262 e. The SMILES string of the molecule is CCNCc1cc(S(=O)(=O)Nc2cccnc2C)cs1. The Morgan fingerprint density at radius 3 is 2.90 bits per heavy atom. The minimum Gasteiger partial charge on any atom is -0.312 e. The normalized spacial score (nSPS) is 11.5. The van der Waals surface area contributed by atoms with Gasteiger partial charge in [0.1, 0.15) is 0 Å². The molecule has 0 fully saturated rings. The van der Waals surface area contributed by atoms with E-state index in [1.54, 1.807) is 36.7 Å². The van der Waals surface area contributed by atoms with Crippen molar-refractivity contribution < 1.29 is 8.42 Å². The van der Waals surface area contributed by atoms with Crippen LogP contribution in [0.2, 0.25) is 0 Å². The Kier molecular flexibility index (Phi) is 4.74. The third kappa shape index (κ3) is 3.56. The monoisotopic (exact) mass is 311 g/mol. The van der Waals surface area contributed by atoms with Gasteiger partial charge in [0.15, 0.2) is 0 Å². The molecule has 0 radical (unpaired) electrons. The summed E-state index contributed by atoms with van der Waals surface area (Å²) >= 11 is 1.43. The van der Waals surface area contributed by atoms with Gasteiger partial charge in [-0.25, -0.2) is 8.42 Å². The average molecular weight is 311 g/mol. The second-order valence-corrected chi connectivity index (χ2v) is 6.95. The standard InChI is InChI=1S/C13H17N3O2S2/c1-3-14-8-11-7-12(9-19-11)20(17,18)16-13-5-4-6-15-10(13)2/h4-7,9,14,16H,3,8H2,1-2H3.